The van der Waals surface area contributed by atoms with Gasteiger partial charge in [-0.25, -0.2) is 13.4 Å². The van der Waals surface area contributed by atoms with Gasteiger partial charge < -0.3 is 10.3 Å². The summed E-state index contributed by atoms with van der Waals surface area (Å²) in [5.74, 6) is 0.173. The van der Waals surface area contributed by atoms with E-state index in [9.17, 15) is 18.0 Å². The van der Waals surface area contributed by atoms with E-state index in [1.165, 1.54) is 16.4 Å². The Hall–Kier alpha value is -3.08. The number of hydrogen-bond donors (Lipinski definition) is 2. The minimum absolute atomic E-state index is 0.00287. The van der Waals surface area contributed by atoms with Crippen molar-refractivity contribution in [3.05, 3.63) is 64.7 Å². The molecule has 0 bridgehead atoms. The summed E-state index contributed by atoms with van der Waals surface area (Å²) in [6.07, 6.45) is 0. The van der Waals surface area contributed by atoms with Gasteiger partial charge in [0.1, 0.15) is 5.82 Å². The van der Waals surface area contributed by atoms with Gasteiger partial charge in [0.2, 0.25) is 15.9 Å². The van der Waals surface area contributed by atoms with Crippen molar-refractivity contribution < 1.29 is 13.2 Å². The van der Waals surface area contributed by atoms with Crippen LogP contribution in [0.3, 0.4) is 0 Å². The van der Waals surface area contributed by atoms with Crippen molar-refractivity contribution >= 4 is 32.5 Å². The second kappa shape index (κ2) is 10.9. The van der Waals surface area contributed by atoms with Crippen LogP contribution in [0.5, 0.6) is 0 Å². The van der Waals surface area contributed by atoms with E-state index in [1.807, 2.05) is 24.8 Å². The second-order valence-corrected chi connectivity index (χ2v) is 10.1. The molecule has 1 aromatic heterocycles. The molecule has 0 fully saturated rings. The van der Waals surface area contributed by atoms with E-state index in [1.54, 1.807) is 44.2 Å². The highest BCUT2D eigenvalue weighted by Crippen LogP contribution is 2.20. The Kier molecular flexibility index (Phi) is 8.19. The standard InChI is InChI=1S/C24H31N5O4S/c1-5-29(6-2)34(32,33)19-11-9-10-18(14-19)25-23(30)16-28(17(3)4)15-22-26-21-13-8-7-12-20(21)24(31)27-22/h7-14,17H,5-6,15-16H2,1-4H3,(H,25,30)(H,26,27,31). The number of carbonyl (C=O) groups is 1. The van der Waals surface area contributed by atoms with Gasteiger partial charge in [0, 0.05) is 24.8 Å². The lowest BCUT2D eigenvalue weighted by molar-refractivity contribution is -0.117. The van der Waals surface area contributed by atoms with Crippen molar-refractivity contribution in [3.63, 3.8) is 0 Å². The Morgan fingerprint density at radius 1 is 1.09 bits per heavy atom. The first-order chi connectivity index (χ1) is 16.1. The first-order valence-corrected chi connectivity index (χ1v) is 12.7. The molecule has 0 radical (unpaired) electrons. The monoisotopic (exact) mass is 485 g/mol. The third-order valence-electron chi connectivity index (χ3n) is 5.55. The van der Waals surface area contributed by atoms with E-state index in [0.29, 0.717) is 35.5 Å². The zero-order valence-corrected chi connectivity index (χ0v) is 20.7. The number of anilines is 1. The number of amides is 1. The van der Waals surface area contributed by atoms with Gasteiger partial charge in [-0.3, -0.25) is 14.5 Å². The van der Waals surface area contributed by atoms with Crippen molar-refractivity contribution in [2.75, 3.05) is 25.0 Å². The summed E-state index contributed by atoms with van der Waals surface area (Å²) in [5.41, 5.74) is 0.778. The summed E-state index contributed by atoms with van der Waals surface area (Å²) in [6, 6.07) is 13.3. The molecule has 1 amide bonds. The summed E-state index contributed by atoms with van der Waals surface area (Å²) in [4.78, 5) is 34.5. The molecule has 0 aliphatic rings. The van der Waals surface area contributed by atoms with Crippen molar-refractivity contribution in [1.82, 2.24) is 19.2 Å². The van der Waals surface area contributed by atoms with E-state index in [-0.39, 0.29) is 35.5 Å². The van der Waals surface area contributed by atoms with Crippen LogP contribution in [0, 0.1) is 0 Å². The van der Waals surface area contributed by atoms with Gasteiger partial charge in [0.05, 0.1) is 28.9 Å². The molecule has 3 rings (SSSR count). The maximum absolute atomic E-state index is 12.8. The molecule has 3 aromatic rings. The molecule has 0 unspecified atom stereocenters. The van der Waals surface area contributed by atoms with Gasteiger partial charge in [0.15, 0.2) is 0 Å². The van der Waals surface area contributed by atoms with Crippen LogP contribution >= 0.6 is 0 Å². The number of aromatic amines is 1. The van der Waals surface area contributed by atoms with Crippen LogP contribution in [-0.2, 0) is 21.4 Å². The highest BCUT2D eigenvalue weighted by Gasteiger charge is 2.22. The van der Waals surface area contributed by atoms with Crippen molar-refractivity contribution in [3.8, 4) is 0 Å². The maximum atomic E-state index is 12.8. The number of aromatic nitrogens is 2. The number of para-hydroxylation sites is 1. The summed E-state index contributed by atoms with van der Waals surface area (Å²) < 4.78 is 27.0. The minimum atomic E-state index is -3.63. The molecule has 34 heavy (non-hydrogen) atoms. The van der Waals surface area contributed by atoms with Gasteiger partial charge in [-0.2, -0.15) is 4.31 Å². The largest absolute Gasteiger partial charge is 0.325 e. The van der Waals surface area contributed by atoms with Gasteiger partial charge in [-0.1, -0.05) is 32.0 Å². The van der Waals surface area contributed by atoms with E-state index < -0.39 is 10.0 Å². The van der Waals surface area contributed by atoms with E-state index >= 15 is 0 Å². The average Bonchev–Trinajstić information content (AvgIpc) is 2.79. The lowest BCUT2D eigenvalue weighted by atomic mass is 10.2. The molecule has 0 aliphatic carbocycles. The number of nitrogens with one attached hydrogen (secondary N) is 2. The molecule has 0 saturated heterocycles. The van der Waals surface area contributed by atoms with Gasteiger partial charge in [0.25, 0.3) is 5.56 Å². The minimum Gasteiger partial charge on any atom is -0.325 e. The molecule has 0 saturated carbocycles. The normalized spacial score (nSPS) is 12.1. The first-order valence-electron chi connectivity index (χ1n) is 11.3. The van der Waals surface area contributed by atoms with Gasteiger partial charge in [-0.15, -0.1) is 0 Å². The Morgan fingerprint density at radius 2 is 1.79 bits per heavy atom. The number of sulfonamides is 1. The number of nitrogens with zero attached hydrogens (tertiary/aromatic N) is 3. The number of fused-ring (bicyclic) bond motifs is 1. The molecule has 0 spiro atoms. The van der Waals surface area contributed by atoms with Crippen molar-refractivity contribution in [2.45, 2.75) is 45.2 Å². The second-order valence-electron chi connectivity index (χ2n) is 8.19. The summed E-state index contributed by atoms with van der Waals surface area (Å²) in [5, 5.41) is 3.30. The van der Waals surface area contributed by atoms with Crippen LogP contribution in [0.25, 0.3) is 10.9 Å². The van der Waals surface area contributed by atoms with Crippen LogP contribution < -0.4 is 10.9 Å². The van der Waals surface area contributed by atoms with Crippen molar-refractivity contribution in [2.24, 2.45) is 0 Å². The molecule has 9 nitrogen and oxygen atoms in total. The molecule has 0 atom stereocenters. The maximum Gasteiger partial charge on any atom is 0.258 e. The molecular weight excluding hydrogens is 454 g/mol. The van der Waals surface area contributed by atoms with Crippen molar-refractivity contribution in [1.29, 1.82) is 0 Å². The number of rotatable bonds is 10. The molecule has 0 aliphatic heterocycles. The Morgan fingerprint density at radius 3 is 2.47 bits per heavy atom. The van der Waals surface area contributed by atoms with Crippen LogP contribution in [0.1, 0.15) is 33.5 Å². The molecule has 182 valence electrons. The van der Waals surface area contributed by atoms with Crippen LogP contribution in [-0.4, -0.2) is 59.2 Å². The van der Waals surface area contributed by atoms with Crippen LogP contribution in [0.4, 0.5) is 5.69 Å². The number of hydrogen-bond acceptors (Lipinski definition) is 6. The number of benzene rings is 2. The quantitative estimate of drug-likeness (QED) is 0.456. The summed E-state index contributed by atoms with van der Waals surface area (Å²) in [7, 11) is -3.63. The van der Waals surface area contributed by atoms with Gasteiger partial charge in [-0.05, 0) is 44.2 Å². The zero-order chi connectivity index (χ0) is 24.9. The van der Waals surface area contributed by atoms with E-state index in [0.717, 1.165) is 0 Å². The third-order valence-corrected chi connectivity index (χ3v) is 7.60. The SMILES string of the molecule is CCN(CC)S(=O)(=O)c1cccc(NC(=O)CN(Cc2nc3ccccc3c(=O)[nH]2)C(C)C)c1. The Labute approximate surface area is 199 Å². The molecule has 1 heterocycles. The van der Waals surface area contributed by atoms with Crippen LogP contribution in [0.15, 0.2) is 58.2 Å². The Balaban J connectivity index is 1.74. The highest BCUT2D eigenvalue weighted by atomic mass is 32.2. The molecule has 2 N–H and O–H groups in total. The molecule has 2 aromatic carbocycles. The number of carbonyl (C=O) groups excluding carboxylic acids is 1. The van der Waals surface area contributed by atoms with E-state index in [2.05, 4.69) is 15.3 Å². The lowest BCUT2D eigenvalue weighted by Crippen LogP contribution is -2.38. The highest BCUT2D eigenvalue weighted by molar-refractivity contribution is 7.89. The third kappa shape index (κ3) is 5.88. The number of H-pyrrole nitrogens is 1. The molecule has 10 heteroatoms. The fourth-order valence-corrected chi connectivity index (χ4v) is 5.16. The first kappa shape index (κ1) is 25.5. The van der Waals surface area contributed by atoms with Gasteiger partial charge >= 0.3 is 0 Å². The van der Waals surface area contributed by atoms with Crippen LogP contribution in [0.2, 0.25) is 0 Å². The zero-order valence-electron chi connectivity index (χ0n) is 19.9. The fraction of sp³-hybridized carbons (Fsp3) is 0.375. The topological polar surface area (TPSA) is 115 Å². The lowest BCUT2D eigenvalue weighted by Gasteiger charge is -2.25. The fourth-order valence-electron chi connectivity index (χ4n) is 3.66. The predicted molar refractivity (Wildman–Crippen MR) is 133 cm³/mol. The smallest absolute Gasteiger partial charge is 0.258 e. The summed E-state index contributed by atoms with van der Waals surface area (Å²) in [6.45, 7) is 8.51. The summed E-state index contributed by atoms with van der Waals surface area (Å²) >= 11 is 0. The predicted octanol–water partition coefficient (Wildman–Crippen LogP) is 2.80. The molecular formula is C24H31N5O4S. The van der Waals surface area contributed by atoms with E-state index in [4.69, 9.17) is 0 Å². The Bertz CT molecular complexity index is 1320. The average molecular weight is 486 g/mol.